The Kier molecular flexibility index (Phi) is 2.70. The van der Waals surface area contributed by atoms with Crippen LogP contribution in [0.25, 0.3) is 5.57 Å². The molecular weight excluding hydrogens is 359 g/mol. The number of rotatable bonds is 1. The molecule has 0 nitrogen and oxygen atoms in total. The summed E-state index contributed by atoms with van der Waals surface area (Å²) in [5.74, 6) is 0.709. The van der Waals surface area contributed by atoms with Gasteiger partial charge in [-0.3, -0.25) is 0 Å². The molecule has 1 heteroatoms. The van der Waals surface area contributed by atoms with Gasteiger partial charge in [0.1, 0.15) is 0 Å². The monoisotopic (exact) mass is 377 g/mol. The van der Waals surface area contributed by atoms with E-state index in [0.717, 1.165) is 0 Å². The summed E-state index contributed by atoms with van der Waals surface area (Å²) in [4.78, 5) is 0. The fourth-order valence-electron chi connectivity index (χ4n) is 3.27. The van der Waals surface area contributed by atoms with Crippen LogP contribution in [0.15, 0.2) is 15.5 Å². The molecule has 0 unspecified atom stereocenters. The molecule has 0 saturated heterocycles. The molecule has 0 radical (unpaired) electrons. The second-order valence-electron chi connectivity index (χ2n) is 5.31. The predicted molar refractivity (Wildman–Crippen MR) is 63.9 cm³/mol. The first kappa shape index (κ1) is 11.0. The molecule has 1 aromatic rings. The Morgan fingerprint density at radius 3 is 2.62 bits per heavy atom. The van der Waals surface area contributed by atoms with Gasteiger partial charge in [-0.15, -0.1) is 0 Å². The van der Waals surface area contributed by atoms with Crippen LogP contribution in [0.1, 0.15) is 42.5 Å². The summed E-state index contributed by atoms with van der Waals surface area (Å²) >= 11 is 1.24. The van der Waals surface area contributed by atoms with Gasteiger partial charge in [-0.2, -0.15) is 0 Å². The Balaban J connectivity index is 2.23. The number of benzene rings is 1. The van der Waals surface area contributed by atoms with E-state index in [4.69, 9.17) is 0 Å². The SMILES string of the molecule is CC(C)C1=[C]([Hf])Cc2ccc3c(c21)CCC3. The summed E-state index contributed by atoms with van der Waals surface area (Å²) in [6, 6.07) is 4.78. The van der Waals surface area contributed by atoms with E-state index in [1.54, 1.807) is 31.2 Å². The Morgan fingerprint density at radius 1 is 1.12 bits per heavy atom. The number of fused-ring (bicyclic) bond motifs is 3. The average Bonchev–Trinajstić information content (AvgIpc) is 2.78. The van der Waals surface area contributed by atoms with Crippen LogP contribution < -0.4 is 0 Å². The molecule has 2 aliphatic rings. The topological polar surface area (TPSA) is 0 Å². The number of hydrogen-bond acceptors (Lipinski definition) is 0. The molecule has 0 aromatic heterocycles. The third-order valence-electron chi connectivity index (χ3n) is 3.91. The van der Waals surface area contributed by atoms with Gasteiger partial charge >= 0.3 is 113 Å². The molecular formula is C15H17Hf. The summed E-state index contributed by atoms with van der Waals surface area (Å²) in [5.41, 5.74) is 8.34. The zero-order valence-corrected chi connectivity index (χ0v) is 13.7. The minimum atomic E-state index is 0.709. The van der Waals surface area contributed by atoms with Crippen molar-refractivity contribution in [2.24, 2.45) is 5.92 Å². The first-order chi connectivity index (χ1) is 7.68. The van der Waals surface area contributed by atoms with Gasteiger partial charge < -0.3 is 0 Å². The van der Waals surface area contributed by atoms with Gasteiger partial charge in [-0.1, -0.05) is 0 Å². The molecule has 16 heavy (non-hydrogen) atoms. The average molecular weight is 376 g/mol. The van der Waals surface area contributed by atoms with E-state index in [1.165, 1.54) is 50.1 Å². The van der Waals surface area contributed by atoms with Crippen LogP contribution in [0.3, 0.4) is 0 Å². The van der Waals surface area contributed by atoms with Gasteiger partial charge in [0.25, 0.3) is 0 Å². The second-order valence-corrected chi connectivity index (χ2v) is 7.48. The first-order valence-corrected chi connectivity index (χ1v) is 8.06. The minimum absolute atomic E-state index is 0.709. The van der Waals surface area contributed by atoms with Crippen LogP contribution >= 0.6 is 0 Å². The van der Waals surface area contributed by atoms with Gasteiger partial charge in [0.2, 0.25) is 0 Å². The fraction of sp³-hybridized carbons (Fsp3) is 0.467. The molecule has 3 rings (SSSR count). The molecule has 0 N–H and O–H groups in total. The third kappa shape index (κ3) is 1.51. The number of aryl methyl sites for hydroxylation is 1. The van der Waals surface area contributed by atoms with Crippen LogP contribution in [0.4, 0.5) is 0 Å². The Labute approximate surface area is 113 Å². The third-order valence-corrected chi connectivity index (χ3v) is 5.51. The van der Waals surface area contributed by atoms with E-state index in [0.29, 0.717) is 5.92 Å². The van der Waals surface area contributed by atoms with Crippen molar-refractivity contribution in [2.45, 2.75) is 39.5 Å². The van der Waals surface area contributed by atoms with E-state index in [2.05, 4.69) is 26.0 Å². The van der Waals surface area contributed by atoms with Crippen LogP contribution in [0, 0.1) is 5.92 Å². The van der Waals surface area contributed by atoms with Crippen molar-refractivity contribution < 1.29 is 24.4 Å². The van der Waals surface area contributed by atoms with Gasteiger partial charge in [0.05, 0.1) is 0 Å². The van der Waals surface area contributed by atoms with Crippen molar-refractivity contribution in [3.8, 4) is 0 Å². The molecule has 1 aromatic carbocycles. The quantitative estimate of drug-likeness (QED) is 0.657. The van der Waals surface area contributed by atoms with E-state index in [9.17, 15) is 0 Å². The molecule has 0 bridgehead atoms. The van der Waals surface area contributed by atoms with Crippen LogP contribution in [-0.2, 0) is 43.6 Å². The molecule has 0 spiro atoms. The predicted octanol–water partition coefficient (Wildman–Crippen LogP) is 3.65. The van der Waals surface area contributed by atoms with Crippen molar-refractivity contribution in [2.75, 3.05) is 0 Å². The summed E-state index contributed by atoms with van der Waals surface area (Å²) < 4.78 is 1.74. The summed E-state index contributed by atoms with van der Waals surface area (Å²) in [7, 11) is 0. The summed E-state index contributed by atoms with van der Waals surface area (Å²) in [6.07, 6.45) is 5.25. The fourth-order valence-corrected chi connectivity index (χ4v) is 5.44. The van der Waals surface area contributed by atoms with E-state index in [1.807, 2.05) is 0 Å². The van der Waals surface area contributed by atoms with Crippen molar-refractivity contribution in [3.05, 3.63) is 37.7 Å². The Morgan fingerprint density at radius 2 is 1.88 bits per heavy atom. The van der Waals surface area contributed by atoms with Crippen LogP contribution in [0.5, 0.6) is 0 Å². The molecule has 0 amide bonds. The van der Waals surface area contributed by atoms with Gasteiger partial charge in [-0.25, -0.2) is 0 Å². The Hall–Kier alpha value is -0.170. The van der Waals surface area contributed by atoms with Crippen molar-refractivity contribution in [1.82, 2.24) is 0 Å². The maximum absolute atomic E-state index is 2.40. The number of allylic oxidation sites excluding steroid dienone is 2. The molecule has 2 aliphatic carbocycles. The summed E-state index contributed by atoms with van der Waals surface area (Å²) in [6.45, 7) is 4.72. The maximum atomic E-state index is 2.40. The van der Waals surface area contributed by atoms with Crippen LogP contribution in [0.2, 0.25) is 0 Å². The molecule has 0 aliphatic heterocycles. The van der Waals surface area contributed by atoms with Gasteiger partial charge in [0.15, 0.2) is 0 Å². The zero-order chi connectivity index (χ0) is 11.3. The number of hydrogen-bond donors (Lipinski definition) is 0. The molecule has 0 fully saturated rings. The second kappa shape index (κ2) is 3.94. The van der Waals surface area contributed by atoms with Gasteiger partial charge in [0, 0.05) is 0 Å². The van der Waals surface area contributed by atoms with Gasteiger partial charge in [-0.05, 0) is 0 Å². The Bertz CT molecular complexity index is 480. The normalized spacial score (nSPS) is 18.1. The molecule has 0 atom stereocenters. The van der Waals surface area contributed by atoms with Crippen molar-refractivity contribution in [3.63, 3.8) is 0 Å². The molecule has 81 valence electrons. The van der Waals surface area contributed by atoms with E-state index >= 15 is 0 Å². The standard InChI is InChI=1S/C15H17.Hf/c1-10(2)13-9-8-12-7-6-11-4-3-5-14(11)15(12)13;/h6-7,10H,3-5,8H2,1-2H3;. The zero-order valence-electron chi connectivity index (χ0n) is 10.1. The first-order valence-electron chi connectivity index (χ1n) is 6.27. The van der Waals surface area contributed by atoms with Crippen molar-refractivity contribution in [1.29, 1.82) is 0 Å². The van der Waals surface area contributed by atoms with Crippen molar-refractivity contribution >= 4 is 5.57 Å². The van der Waals surface area contributed by atoms with Crippen LogP contribution in [-0.4, -0.2) is 0 Å². The van der Waals surface area contributed by atoms with E-state index < -0.39 is 0 Å². The summed E-state index contributed by atoms with van der Waals surface area (Å²) in [5, 5.41) is 0. The molecule has 0 heterocycles. The molecule has 0 saturated carbocycles. The van der Waals surface area contributed by atoms with E-state index in [-0.39, 0.29) is 0 Å².